The number of hydrogen-bond donors (Lipinski definition) is 3. The zero-order chi connectivity index (χ0) is 27.0. The maximum absolute atomic E-state index is 12.4. The predicted octanol–water partition coefficient (Wildman–Crippen LogP) is 4.91. The third kappa shape index (κ3) is 5.58. The third-order valence-electron chi connectivity index (χ3n) is 6.29. The van der Waals surface area contributed by atoms with Gasteiger partial charge in [0.2, 0.25) is 5.88 Å². The van der Waals surface area contributed by atoms with Crippen LogP contribution in [0.15, 0.2) is 53.2 Å². The van der Waals surface area contributed by atoms with E-state index in [0.717, 1.165) is 39.7 Å². The third-order valence-corrected chi connectivity index (χ3v) is 7.25. The number of imidazole rings is 1. The number of ether oxygens (including phenoxy) is 2. The van der Waals surface area contributed by atoms with Gasteiger partial charge in [-0.3, -0.25) is 9.72 Å². The molecule has 1 aliphatic heterocycles. The van der Waals surface area contributed by atoms with Gasteiger partial charge < -0.3 is 24.6 Å². The van der Waals surface area contributed by atoms with Crippen LogP contribution in [0.25, 0.3) is 26.6 Å². The van der Waals surface area contributed by atoms with Crippen molar-refractivity contribution in [2.24, 2.45) is 0 Å². The highest BCUT2D eigenvalue weighted by atomic mass is 32.1. The highest BCUT2D eigenvalue weighted by Crippen LogP contribution is 2.30. The van der Waals surface area contributed by atoms with E-state index < -0.39 is 6.03 Å². The van der Waals surface area contributed by atoms with Crippen molar-refractivity contribution in [2.75, 3.05) is 36.9 Å². The zero-order valence-corrected chi connectivity index (χ0v) is 22.7. The first kappa shape index (κ1) is 25.3. The molecule has 0 aliphatic carbocycles. The van der Waals surface area contributed by atoms with E-state index in [1.165, 1.54) is 11.3 Å². The molecule has 39 heavy (non-hydrogen) atoms. The molecule has 1 atom stereocenters. The maximum atomic E-state index is 12.4. The van der Waals surface area contributed by atoms with Crippen LogP contribution in [0, 0.1) is 0 Å². The molecule has 1 saturated heterocycles. The van der Waals surface area contributed by atoms with Crippen molar-refractivity contribution in [2.45, 2.75) is 32.3 Å². The molecule has 4 aromatic heterocycles. The first-order valence-corrected chi connectivity index (χ1v) is 13.5. The monoisotopic (exact) mass is 547 g/mol. The second-order valence-corrected chi connectivity index (χ2v) is 11.3. The van der Waals surface area contributed by atoms with Gasteiger partial charge in [-0.1, -0.05) is 49.4 Å². The summed E-state index contributed by atoms with van der Waals surface area (Å²) in [5, 5.41) is 12.7. The standard InChI is InChI=1S/C27H29N7O4S/c1-27(2,3)21-12-22(33-38-21)31-25(35)29-17-6-4-16(5-7-17)19-14-34-20-8-9-23(32-24(20)39-26(34)30-19)37-15-18-13-28-10-11-36-18/h4-9,12,14,18,28H,10-11,13,15H2,1-3H3,(H2,29,31,33,35). The van der Waals surface area contributed by atoms with Gasteiger partial charge in [0.25, 0.3) is 0 Å². The van der Waals surface area contributed by atoms with E-state index in [1.807, 2.05) is 67.8 Å². The van der Waals surface area contributed by atoms with Crippen LogP contribution in [0.4, 0.5) is 16.3 Å². The van der Waals surface area contributed by atoms with Crippen molar-refractivity contribution >= 4 is 44.2 Å². The van der Waals surface area contributed by atoms with E-state index in [1.54, 1.807) is 6.07 Å². The lowest BCUT2D eigenvalue weighted by Gasteiger charge is -2.23. The van der Waals surface area contributed by atoms with Gasteiger partial charge >= 0.3 is 6.03 Å². The molecule has 0 bridgehead atoms. The number of urea groups is 1. The Balaban J connectivity index is 1.10. The summed E-state index contributed by atoms with van der Waals surface area (Å²) in [4.78, 5) is 23.6. The van der Waals surface area contributed by atoms with Crippen molar-refractivity contribution in [3.63, 3.8) is 0 Å². The Kier molecular flexibility index (Phi) is 6.67. The summed E-state index contributed by atoms with van der Waals surface area (Å²) in [6.45, 7) is 8.86. The van der Waals surface area contributed by atoms with Gasteiger partial charge in [0, 0.05) is 48.1 Å². The number of hydrogen-bond acceptors (Lipinski definition) is 9. The fourth-order valence-corrected chi connectivity index (χ4v) is 5.16. The number of aromatic nitrogens is 4. The number of morpholine rings is 1. The summed E-state index contributed by atoms with van der Waals surface area (Å²) in [7, 11) is 0. The Morgan fingerprint density at radius 3 is 2.77 bits per heavy atom. The van der Waals surface area contributed by atoms with Gasteiger partial charge in [-0.05, 0) is 18.2 Å². The van der Waals surface area contributed by atoms with Crippen molar-refractivity contribution in [1.29, 1.82) is 0 Å². The minimum atomic E-state index is -0.399. The molecule has 202 valence electrons. The Bertz CT molecular complexity index is 1610. The van der Waals surface area contributed by atoms with Crippen LogP contribution >= 0.6 is 11.3 Å². The predicted molar refractivity (Wildman–Crippen MR) is 150 cm³/mol. The number of nitrogens with one attached hydrogen (secondary N) is 3. The van der Waals surface area contributed by atoms with E-state index in [2.05, 4.69) is 26.1 Å². The molecule has 5 heterocycles. The normalized spacial score (nSPS) is 16.0. The topological polar surface area (TPSA) is 128 Å². The number of carbonyl (C=O) groups is 1. The second kappa shape index (κ2) is 10.3. The summed E-state index contributed by atoms with van der Waals surface area (Å²) in [6.07, 6.45) is 2.02. The molecule has 1 aliphatic rings. The Morgan fingerprint density at radius 1 is 1.18 bits per heavy atom. The van der Waals surface area contributed by atoms with Crippen LogP contribution in [0.1, 0.15) is 26.5 Å². The number of nitrogens with zero attached hydrogens (tertiary/aromatic N) is 4. The minimum Gasteiger partial charge on any atom is -0.475 e. The molecular formula is C27H29N7O4S. The summed E-state index contributed by atoms with van der Waals surface area (Å²) >= 11 is 1.51. The van der Waals surface area contributed by atoms with E-state index in [0.29, 0.717) is 36.4 Å². The van der Waals surface area contributed by atoms with Crippen molar-refractivity contribution in [1.82, 2.24) is 24.8 Å². The number of anilines is 2. The van der Waals surface area contributed by atoms with Gasteiger partial charge in [-0.2, -0.15) is 0 Å². The van der Waals surface area contributed by atoms with Crippen molar-refractivity contribution < 1.29 is 18.8 Å². The molecule has 0 spiro atoms. The number of carbonyl (C=O) groups excluding carboxylic acids is 1. The van der Waals surface area contributed by atoms with Crippen LogP contribution in [-0.4, -0.2) is 58.0 Å². The number of benzene rings is 1. The lowest BCUT2D eigenvalue weighted by atomic mass is 9.93. The zero-order valence-electron chi connectivity index (χ0n) is 21.9. The number of fused-ring (bicyclic) bond motifs is 3. The summed E-state index contributed by atoms with van der Waals surface area (Å²) in [6, 6.07) is 12.7. The highest BCUT2D eigenvalue weighted by Gasteiger charge is 2.20. The largest absolute Gasteiger partial charge is 0.475 e. The molecule has 2 amide bonds. The minimum absolute atomic E-state index is 0.0329. The molecule has 0 radical (unpaired) electrons. The summed E-state index contributed by atoms with van der Waals surface area (Å²) < 4.78 is 18.9. The summed E-state index contributed by atoms with van der Waals surface area (Å²) in [5.74, 6) is 1.64. The SMILES string of the molecule is CC(C)(C)c1cc(NC(=O)Nc2ccc(-c3cn4c(n3)sc3nc(OCC5CNCCO5)ccc34)cc2)no1. The summed E-state index contributed by atoms with van der Waals surface area (Å²) in [5.41, 5.74) is 3.19. The number of amides is 2. The quantitative estimate of drug-likeness (QED) is 0.274. The van der Waals surface area contributed by atoms with Gasteiger partial charge in [0.05, 0.1) is 17.8 Å². The Hall–Kier alpha value is -4.00. The van der Waals surface area contributed by atoms with E-state index >= 15 is 0 Å². The fourth-order valence-electron chi connectivity index (χ4n) is 4.18. The Labute approximate surface area is 228 Å². The van der Waals surface area contributed by atoms with Gasteiger partial charge in [0.15, 0.2) is 10.8 Å². The van der Waals surface area contributed by atoms with Crippen LogP contribution in [0.2, 0.25) is 0 Å². The van der Waals surface area contributed by atoms with Gasteiger partial charge in [-0.15, -0.1) is 0 Å². The van der Waals surface area contributed by atoms with Gasteiger partial charge in [-0.25, -0.2) is 14.8 Å². The van der Waals surface area contributed by atoms with Crippen LogP contribution in [-0.2, 0) is 10.2 Å². The number of pyridine rings is 1. The molecule has 1 aromatic carbocycles. The smallest absolute Gasteiger partial charge is 0.324 e. The van der Waals surface area contributed by atoms with E-state index in [9.17, 15) is 4.79 Å². The van der Waals surface area contributed by atoms with Crippen LogP contribution in [0.5, 0.6) is 5.88 Å². The molecule has 1 fully saturated rings. The number of thiazole rings is 1. The highest BCUT2D eigenvalue weighted by molar-refractivity contribution is 7.23. The maximum Gasteiger partial charge on any atom is 0.324 e. The average molecular weight is 548 g/mol. The van der Waals surface area contributed by atoms with Crippen molar-refractivity contribution in [3.05, 3.63) is 54.4 Å². The molecule has 1 unspecified atom stereocenters. The lowest BCUT2D eigenvalue weighted by Crippen LogP contribution is -2.41. The molecule has 12 heteroatoms. The average Bonchev–Trinajstić information content (AvgIpc) is 3.63. The molecule has 3 N–H and O–H groups in total. The Morgan fingerprint density at radius 2 is 2.03 bits per heavy atom. The molecule has 11 nitrogen and oxygen atoms in total. The van der Waals surface area contributed by atoms with E-state index in [4.69, 9.17) is 19.0 Å². The molecule has 0 saturated carbocycles. The number of rotatable bonds is 6. The first-order valence-electron chi connectivity index (χ1n) is 12.7. The lowest BCUT2D eigenvalue weighted by molar-refractivity contribution is -0.000666. The molecule has 6 rings (SSSR count). The molecule has 5 aromatic rings. The fraction of sp³-hybridized carbons (Fsp3) is 0.333. The first-order chi connectivity index (χ1) is 18.8. The van der Waals surface area contributed by atoms with E-state index in [-0.39, 0.29) is 11.5 Å². The van der Waals surface area contributed by atoms with Gasteiger partial charge in [0.1, 0.15) is 23.3 Å². The van der Waals surface area contributed by atoms with Crippen LogP contribution < -0.4 is 20.7 Å². The van der Waals surface area contributed by atoms with Crippen molar-refractivity contribution in [3.8, 4) is 17.1 Å². The second-order valence-electron chi connectivity index (χ2n) is 10.3. The molecular weight excluding hydrogens is 518 g/mol. The van der Waals surface area contributed by atoms with Crippen LogP contribution in [0.3, 0.4) is 0 Å².